The first kappa shape index (κ1) is 19.6. The van der Waals surface area contributed by atoms with Gasteiger partial charge in [0.2, 0.25) is 11.0 Å². The molecular weight excluding hydrogens is 380 g/mol. The van der Waals surface area contributed by atoms with Crippen LogP contribution in [0, 0.1) is 0 Å². The molecule has 4 rings (SSSR count). The molecule has 6 heteroatoms. The van der Waals surface area contributed by atoms with Crippen LogP contribution in [0.3, 0.4) is 0 Å². The number of rotatable bonds is 3. The maximum atomic E-state index is 12.8. The van der Waals surface area contributed by atoms with Crippen LogP contribution in [0.5, 0.6) is 5.75 Å². The van der Waals surface area contributed by atoms with Crippen molar-refractivity contribution in [2.75, 3.05) is 19.0 Å². The van der Waals surface area contributed by atoms with Crippen molar-refractivity contribution in [1.29, 1.82) is 0 Å². The Morgan fingerprint density at radius 3 is 2.33 bits per heavy atom. The summed E-state index contributed by atoms with van der Waals surface area (Å²) in [6.45, 7) is 4.16. The second-order valence-electron chi connectivity index (χ2n) is 8.06. The lowest BCUT2D eigenvalue weighted by molar-refractivity contribution is -0.272. The molecule has 152 valence electrons. The normalized spacial score (nSPS) is 17.3. The molecule has 0 saturated carbocycles. The van der Waals surface area contributed by atoms with E-state index in [9.17, 15) is 14.7 Å². The molecular formula is C24H22N2O4. The van der Waals surface area contributed by atoms with Crippen LogP contribution in [-0.4, -0.2) is 25.2 Å². The number of para-hydroxylation sites is 1. The van der Waals surface area contributed by atoms with Gasteiger partial charge in [-0.25, -0.2) is 4.79 Å². The summed E-state index contributed by atoms with van der Waals surface area (Å²) in [5, 5.41) is 22.0. The summed E-state index contributed by atoms with van der Waals surface area (Å²) < 4.78 is 1.51. The number of anilines is 1. The molecule has 0 fully saturated rings. The molecule has 0 amide bonds. The molecule has 0 atom stereocenters. The van der Waals surface area contributed by atoms with E-state index in [0.29, 0.717) is 5.69 Å². The van der Waals surface area contributed by atoms with Crippen LogP contribution >= 0.6 is 0 Å². The maximum absolute atomic E-state index is 12.8. The van der Waals surface area contributed by atoms with Crippen molar-refractivity contribution in [2.24, 2.45) is 0 Å². The lowest BCUT2D eigenvalue weighted by Gasteiger charge is -2.25. The van der Waals surface area contributed by atoms with E-state index in [0.717, 1.165) is 16.9 Å². The van der Waals surface area contributed by atoms with Gasteiger partial charge < -0.3 is 15.1 Å². The van der Waals surface area contributed by atoms with E-state index in [4.69, 9.17) is 5.11 Å². The molecule has 30 heavy (non-hydrogen) atoms. The number of carbonyl (C=O) groups is 1. The molecule has 1 aliphatic rings. The Bertz CT molecular complexity index is 1290. The summed E-state index contributed by atoms with van der Waals surface area (Å²) in [5.74, 6) is -1.34. The lowest BCUT2D eigenvalue weighted by Crippen LogP contribution is -2.45. The highest BCUT2D eigenvalue weighted by atomic mass is 16.4. The molecule has 0 unspecified atom stereocenters. The fourth-order valence-electron chi connectivity index (χ4n) is 4.19. The van der Waals surface area contributed by atoms with Crippen LogP contribution in [0.15, 0.2) is 59.0 Å². The van der Waals surface area contributed by atoms with Crippen molar-refractivity contribution in [2.45, 2.75) is 19.3 Å². The molecule has 3 aromatic carbocycles. The van der Waals surface area contributed by atoms with Crippen molar-refractivity contribution in [3.8, 4) is 5.75 Å². The number of fused-ring (bicyclic) bond motifs is 1. The SMILES string of the molecule is CN1C(=Cc2c([O-])c(=[N+](C)c3ccc(C(=O)O)cc3)c2=O)C(C)(C)c2ccccc21. The third kappa shape index (κ3) is 2.76. The average Bonchev–Trinajstić information content (AvgIpc) is 2.92. The Morgan fingerprint density at radius 1 is 1.13 bits per heavy atom. The van der Waals surface area contributed by atoms with E-state index in [1.807, 2.05) is 30.1 Å². The van der Waals surface area contributed by atoms with E-state index in [-0.39, 0.29) is 33.1 Å². The molecule has 0 radical (unpaired) electrons. The standard InChI is InChI=1S/C24H22N2O4/c1-24(2)17-7-5-6-8-18(17)26(4)19(24)13-16-21(27)20(22(16)28)25(3)15-11-9-14(10-12-15)23(29)30/h5-13H,1-4H3,(H-,27,28,29,30). The van der Waals surface area contributed by atoms with Gasteiger partial charge in [0.25, 0.3) is 5.43 Å². The molecule has 0 spiro atoms. The first-order chi connectivity index (χ1) is 14.1. The zero-order valence-electron chi connectivity index (χ0n) is 17.3. The number of carboxylic acids is 1. The third-order valence-electron chi connectivity index (χ3n) is 5.98. The van der Waals surface area contributed by atoms with Crippen LogP contribution in [0.1, 0.15) is 35.3 Å². The minimum Gasteiger partial charge on any atom is -0.867 e. The third-order valence-corrected chi connectivity index (χ3v) is 5.98. The first-order valence-corrected chi connectivity index (χ1v) is 9.60. The summed E-state index contributed by atoms with van der Waals surface area (Å²) in [5.41, 5.74) is 3.37. The average molecular weight is 402 g/mol. The molecule has 1 aliphatic heterocycles. The van der Waals surface area contributed by atoms with Gasteiger partial charge in [0.05, 0.1) is 5.56 Å². The quantitative estimate of drug-likeness (QED) is 0.679. The van der Waals surface area contributed by atoms with Gasteiger partial charge in [0, 0.05) is 41.5 Å². The predicted molar refractivity (Wildman–Crippen MR) is 115 cm³/mol. The fourth-order valence-corrected chi connectivity index (χ4v) is 4.19. The minimum atomic E-state index is -1.03. The van der Waals surface area contributed by atoms with E-state index < -0.39 is 5.97 Å². The highest BCUT2D eigenvalue weighted by Gasteiger charge is 2.38. The van der Waals surface area contributed by atoms with Crippen LogP contribution in [0.25, 0.3) is 6.08 Å². The Labute approximate surface area is 174 Å². The van der Waals surface area contributed by atoms with Crippen LogP contribution in [-0.2, 0) is 5.41 Å². The zero-order valence-corrected chi connectivity index (χ0v) is 17.3. The van der Waals surface area contributed by atoms with E-state index in [1.165, 1.54) is 16.7 Å². The number of likely N-dealkylation sites (N-methyl/N-ethyl adjacent to an activating group) is 1. The Kier molecular flexibility index (Phi) is 4.38. The molecule has 0 bridgehead atoms. The number of benzene rings is 2. The monoisotopic (exact) mass is 402 g/mol. The number of carboxylic acid groups (broad SMARTS) is 1. The smallest absolute Gasteiger partial charge is 0.335 e. The number of aromatic carboxylic acids is 1. The number of hydrogen-bond acceptors (Lipinski definition) is 4. The Morgan fingerprint density at radius 2 is 1.77 bits per heavy atom. The molecule has 0 aliphatic carbocycles. The van der Waals surface area contributed by atoms with Gasteiger partial charge in [-0.2, -0.15) is 4.58 Å². The van der Waals surface area contributed by atoms with Crippen molar-refractivity contribution < 1.29 is 15.0 Å². The minimum absolute atomic E-state index is 0.0842. The van der Waals surface area contributed by atoms with Crippen LogP contribution in [0.2, 0.25) is 0 Å². The van der Waals surface area contributed by atoms with Crippen molar-refractivity contribution in [3.63, 3.8) is 0 Å². The van der Waals surface area contributed by atoms with Crippen LogP contribution < -0.4 is 25.4 Å². The molecule has 0 aromatic heterocycles. The van der Waals surface area contributed by atoms with E-state index in [1.54, 1.807) is 25.3 Å². The second-order valence-corrected chi connectivity index (χ2v) is 8.06. The van der Waals surface area contributed by atoms with E-state index in [2.05, 4.69) is 19.9 Å². The second kappa shape index (κ2) is 6.69. The summed E-state index contributed by atoms with van der Waals surface area (Å²) >= 11 is 0. The van der Waals surface area contributed by atoms with Gasteiger partial charge in [0.15, 0.2) is 0 Å². The summed E-state index contributed by atoms with van der Waals surface area (Å²) in [6, 6.07) is 14.1. The maximum Gasteiger partial charge on any atom is 0.335 e. The molecule has 1 heterocycles. The topological polar surface area (TPSA) is 83.7 Å². The van der Waals surface area contributed by atoms with Gasteiger partial charge in [-0.05, 0) is 35.6 Å². The van der Waals surface area contributed by atoms with Crippen molar-refractivity contribution >= 4 is 23.4 Å². The summed E-state index contributed by atoms with van der Waals surface area (Å²) in [4.78, 5) is 25.9. The fraction of sp³-hybridized carbons (Fsp3) is 0.208. The van der Waals surface area contributed by atoms with Crippen molar-refractivity contribution in [1.82, 2.24) is 4.58 Å². The molecule has 6 nitrogen and oxygen atoms in total. The van der Waals surface area contributed by atoms with Gasteiger partial charge in [-0.3, -0.25) is 4.79 Å². The van der Waals surface area contributed by atoms with Crippen molar-refractivity contribution in [3.05, 3.63) is 86.5 Å². The highest BCUT2D eigenvalue weighted by molar-refractivity contribution is 5.87. The lowest BCUT2D eigenvalue weighted by atomic mass is 9.83. The number of allylic oxidation sites excluding steroid dienone is 1. The number of hydrogen-bond donors (Lipinski definition) is 1. The predicted octanol–water partition coefficient (Wildman–Crippen LogP) is 2.20. The van der Waals surface area contributed by atoms with Gasteiger partial charge in [0.1, 0.15) is 7.05 Å². The molecule has 0 saturated heterocycles. The molecule has 1 N–H and O–H groups in total. The van der Waals surface area contributed by atoms with Gasteiger partial charge >= 0.3 is 5.97 Å². The van der Waals surface area contributed by atoms with E-state index >= 15 is 0 Å². The Hall–Kier alpha value is -3.67. The highest BCUT2D eigenvalue weighted by Crippen LogP contribution is 2.47. The van der Waals surface area contributed by atoms with Gasteiger partial charge in [-0.15, -0.1) is 0 Å². The Balaban J connectivity index is 1.78. The summed E-state index contributed by atoms with van der Waals surface area (Å²) in [7, 11) is 3.57. The van der Waals surface area contributed by atoms with Gasteiger partial charge in [-0.1, -0.05) is 32.0 Å². The zero-order chi connectivity index (χ0) is 21.8. The summed E-state index contributed by atoms with van der Waals surface area (Å²) in [6.07, 6.45) is 1.70. The largest absolute Gasteiger partial charge is 0.867 e. The number of nitrogens with zero attached hydrogens (tertiary/aromatic N) is 2. The van der Waals surface area contributed by atoms with Crippen LogP contribution in [0.4, 0.5) is 11.4 Å². The molecule has 3 aromatic rings. The first-order valence-electron chi connectivity index (χ1n) is 9.60.